The first kappa shape index (κ1) is 17.9. The Labute approximate surface area is 159 Å². The molecule has 0 saturated heterocycles. The number of benzene rings is 1. The first-order chi connectivity index (χ1) is 12.0. The zero-order valence-corrected chi connectivity index (χ0v) is 15.7. The number of thiophene rings is 1. The van der Waals surface area contributed by atoms with Crippen LogP contribution in [0.2, 0.25) is 9.36 Å². The van der Waals surface area contributed by atoms with Crippen LogP contribution in [-0.2, 0) is 11.8 Å². The van der Waals surface area contributed by atoms with Crippen LogP contribution in [-0.4, -0.2) is 22.2 Å². The van der Waals surface area contributed by atoms with Crippen molar-refractivity contribution >= 4 is 45.4 Å². The highest BCUT2D eigenvalue weighted by molar-refractivity contribution is 7.20. The van der Waals surface area contributed by atoms with Crippen LogP contribution in [0.1, 0.15) is 11.5 Å². The number of aryl methyl sites for hydroxylation is 1. The van der Waals surface area contributed by atoms with E-state index in [4.69, 9.17) is 28.9 Å². The number of amides is 1. The van der Waals surface area contributed by atoms with Crippen molar-refractivity contribution in [3.05, 3.63) is 57.5 Å². The smallest absolute Gasteiger partial charge is 0.233 e. The van der Waals surface area contributed by atoms with Crippen LogP contribution in [0.5, 0.6) is 0 Å². The Bertz CT molecular complexity index is 872. The molecule has 8 heteroatoms. The van der Waals surface area contributed by atoms with Crippen LogP contribution in [0.4, 0.5) is 5.00 Å². The van der Waals surface area contributed by atoms with Gasteiger partial charge >= 0.3 is 0 Å². The summed E-state index contributed by atoms with van der Waals surface area (Å²) in [7, 11) is 1.79. The average molecular weight is 395 g/mol. The lowest BCUT2D eigenvalue weighted by atomic mass is 9.98. The Morgan fingerprint density at radius 1 is 1.36 bits per heavy atom. The molecular formula is C17H16Cl2N4OS. The molecule has 0 aliphatic carbocycles. The summed E-state index contributed by atoms with van der Waals surface area (Å²) < 4.78 is 2.18. The van der Waals surface area contributed by atoms with Gasteiger partial charge in [-0.3, -0.25) is 9.48 Å². The van der Waals surface area contributed by atoms with E-state index in [0.29, 0.717) is 20.1 Å². The largest absolute Gasteiger partial charge is 0.329 e. The summed E-state index contributed by atoms with van der Waals surface area (Å²) in [5.74, 6) is -0.597. The van der Waals surface area contributed by atoms with Crippen molar-refractivity contribution in [3.8, 4) is 11.3 Å². The van der Waals surface area contributed by atoms with E-state index in [1.807, 2.05) is 30.3 Å². The number of carbonyl (C=O) groups is 1. The number of rotatable bonds is 5. The molecule has 0 bridgehead atoms. The zero-order valence-electron chi connectivity index (χ0n) is 13.4. The Balaban J connectivity index is 1.84. The quantitative estimate of drug-likeness (QED) is 0.682. The number of carbonyl (C=O) groups excluding carboxylic acids is 1. The molecule has 2 aromatic heterocycles. The number of nitrogens with zero attached hydrogens (tertiary/aromatic N) is 2. The topological polar surface area (TPSA) is 72.9 Å². The molecule has 3 aromatic rings. The molecule has 1 unspecified atom stereocenters. The molecule has 0 aliphatic heterocycles. The summed E-state index contributed by atoms with van der Waals surface area (Å²) >= 11 is 13.8. The lowest BCUT2D eigenvalue weighted by Crippen LogP contribution is -2.27. The SMILES string of the molecule is Cn1ncc(Cl)c1-c1cc(NC(=O)C(CN)c2ccccc2)sc1Cl. The summed E-state index contributed by atoms with van der Waals surface area (Å²) in [6.07, 6.45) is 1.56. The fourth-order valence-corrected chi connectivity index (χ4v) is 4.04. The van der Waals surface area contributed by atoms with E-state index in [1.165, 1.54) is 11.3 Å². The van der Waals surface area contributed by atoms with Crippen molar-refractivity contribution in [3.63, 3.8) is 0 Å². The Kier molecular flexibility index (Phi) is 5.44. The van der Waals surface area contributed by atoms with E-state index >= 15 is 0 Å². The van der Waals surface area contributed by atoms with Crippen molar-refractivity contribution in [1.29, 1.82) is 0 Å². The molecule has 1 atom stereocenters. The molecule has 130 valence electrons. The summed E-state index contributed by atoms with van der Waals surface area (Å²) in [6, 6.07) is 11.2. The van der Waals surface area contributed by atoms with Gasteiger partial charge in [-0.2, -0.15) is 5.10 Å². The van der Waals surface area contributed by atoms with Gasteiger partial charge in [-0.25, -0.2) is 0 Å². The highest BCUT2D eigenvalue weighted by Gasteiger charge is 2.21. The van der Waals surface area contributed by atoms with Crippen molar-refractivity contribution in [2.45, 2.75) is 5.92 Å². The van der Waals surface area contributed by atoms with Gasteiger partial charge in [0.2, 0.25) is 5.91 Å². The molecule has 3 N–H and O–H groups in total. The predicted octanol–water partition coefficient (Wildman–Crippen LogP) is 4.14. The van der Waals surface area contributed by atoms with Gasteiger partial charge in [0, 0.05) is 19.2 Å². The molecule has 0 spiro atoms. The molecule has 0 radical (unpaired) electrons. The van der Waals surface area contributed by atoms with Gasteiger partial charge in [0.25, 0.3) is 0 Å². The molecule has 1 amide bonds. The first-order valence-electron chi connectivity index (χ1n) is 7.54. The number of anilines is 1. The van der Waals surface area contributed by atoms with Crippen molar-refractivity contribution in [2.24, 2.45) is 12.8 Å². The molecule has 3 rings (SSSR count). The maximum absolute atomic E-state index is 12.6. The second kappa shape index (κ2) is 7.58. The second-order valence-electron chi connectivity index (χ2n) is 5.45. The minimum absolute atomic E-state index is 0.172. The van der Waals surface area contributed by atoms with Crippen molar-refractivity contribution < 1.29 is 4.79 Å². The minimum atomic E-state index is -0.425. The van der Waals surface area contributed by atoms with Gasteiger partial charge < -0.3 is 11.1 Å². The average Bonchev–Trinajstić information content (AvgIpc) is 3.10. The standard InChI is InChI=1S/C17H16Cl2N4OS/c1-23-15(13(18)9-21-23)11-7-14(25-16(11)19)22-17(24)12(8-20)10-5-3-2-4-6-10/h2-7,9,12H,8,20H2,1H3,(H,22,24). The van der Waals surface area contributed by atoms with Crippen LogP contribution >= 0.6 is 34.5 Å². The van der Waals surface area contributed by atoms with E-state index in [2.05, 4.69) is 10.4 Å². The molecular weight excluding hydrogens is 379 g/mol. The van der Waals surface area contributed by atoms with Gasteiger partial charge in [0.1, 0.15) is 4.34 Å². The molecule has 2 heterocycles. The monoisotopic (exact) mass is 394 g/mol. The Morgan fingerprint density at radius 3 is 2.68 bits per heavy atom. The third-order valence-corrected chi connectivity index (χ3v) is 5.39. The maximum atomic E-state index is 12.6. The van der Waals surface area contributed by atoms with Crippen LogP contribution in [0.25, 0.3) is 11.3 Å². The lowest BCUT2D eigenvalue weighted by Gasteiger charge is -2.14. The number of hydrogen-bond donors (Lipinski definition) is 2. The first-order valence-corrected chi connectivity index (χ1v) is 9.11. The van der Waals surface area contributed by atoms with Crippen LogP contribution < -0.4 is 11.1 Å². The number of aromatic nitrogens is 2. The molecule has 0 fully saturated rings. The molecule has 5 nitrogen and oxygen atoms in total. The van der Waals surface area contributed by atoms with E-state index < -0.39 is 5.92 Å². The summed E-state index contributed by atoms with van der Waals surface area (Å²) in [6.45, 7) is 0.218. The van der Waals surface area contributed by atoms with Crippen molar-refractivity contribution in [2.75, 3.05) is 11.9 Å². The second-order valence-corrected chi connectivity index (χ2v) is 7.51. The normalized spacial score (nSPS) is 12.2. The van der Waals surface area contributed by atoms with Gasteiger partial charge in [0.15, 0.2) is 0 Å². The molecule has 25 heavy (non-hydrogen) atoms. The Hall–Kier alpha value is -1.86. The van der Waals surface area contributed by atoms with Crippen LogP contribution in [0.3, 0.4) is 0 Å². The van der Waals surface area contributed by atoms with Gasteiger partial charge in [-0.05, 0) is 11.6 Å². The van der Waals surface area contributed by atoms with Gasteiger partial charge in [-0.1, -0.05) is 53.5 Å². The number of nitrogens with two attached hydrogens (primary N) is 1. The number of halogens is 2. The maximum Gasteiger partial charge on any atom is 0.233 e. The minimum Gasteiger partial charge on any atom is -0.329 e. The van der Waals surface area contributed by atoms with Gasteiger partial charge in [0.05, 0.1) is 27.8 Å². The van der Waals surface area contributed by atoms with Crippen LogP contribution in [0, 0.1) is 0 Å². The molecule has 0 aliphatic rings. The molecule has 1 aromatic carbocycles. The lowest BCUT2D eigenvalue weighted by molar-refractivity contribution is -0.117. The highest BCUT2D eigenvalue weighted by atomic mass is 35.5. The molecule has 0 saturated carbocycles. The summed E-state index contributed by atoms with van der Waals surface area (Å²) in [4.78, 5) is 12.6. The number of nitrogens with one attached hydrogen (secondary N) is 1. The van der Waals surface area contributed by atoms with Gasteiger partial charge in [-0.15, -0.1) is 11.3 Å². The van der Waals surface area contributed by atoms with E-state index in [0.717, 1.165) is 11.1 Å². The summed E-state index contributed by atoms with van der Waals surface area (Å²) in [5.41, 5.74) is 8.12. The fourth-order valence-electron chi connectivity index (χ4n) is 2.59. The predicted molar refractivity (Wildman–Crippen MR) is 103 cm³/mol. The summed E-state index contributed by atoms with van der Waals surface area (Å²) in [5, 5.41) is 8.15. The Morgan fingerprint density at radius 2 is 2.08 bits per heavy atom. The third-order valence-electron chi connectivity index (χ3n) is 3.84. The van der Waals surface area contributed by atoms with E-state index in [1.54, 1.807) is 24.0 Å². The van der Waals surface area contributed by atoms with E-state index in [-0.39, 0.29) is 12.5 Å². The zero-order chi connectivity index (χ0) is 18.0. The van der Waals surface area contributed by atoms with Crippen LogP contribution in [0.15, 0.2) is 42.6 Å². The van der Waals surface area contributed by atoms with E-state index in [9.17, 15) is 4.79 Å². The fraction of sp³-hybridized carbons (Fsp3) is 0.176. The number of hydrogen-bond acceptors (Lipinski definition) is 4. The highest BCUT2D eigenvalue weighted by Crippen LogP contribution is 2.41. The van der Waals surface area contributed by atoms with Crippen molar-refractivity contribution in [1.82, 2.24) is 9.78 Å². The third kappa shape index (κ3) is 3.72.